The van der Waals surface area contributed by atoms with Crippen molar-refractivity contribution in [1.82, 2.24) is 10.1 Å². The van der Waals surface area contributed by atoms with E-state index in [2.05, 4.69) is 22.2 Å². The second-order valence-corrected chi connectivity index (χ2v) is 5.38. The fourth-order valence-corrected chi connectivity index (χ4v) is 2.79. The minimum absolute atomic E-state index is 0.850. The van der Waals surface area contributed by atoms with E-state index in [4.69, 9.17) is 9.26 Å². The molecule has 1 aromatic carbocycles. The van der Waals surface area contributed by atoms with Crippen molar-refractivity contribution in [2.24, 2.45) is 0 Å². The number of hydrogen-bond donors (Lipinski definition) is 0. The van der Waals surface area contributed by atoms with Gasteiger partial charge in [-0.1, -0.05) is 11.2 Å². The zero-order valence-electron chi connectivity index (χ0n) is 12.1. The first-order valence-corrected chi connectivity index (χ1v) is 7.05. The molecule has 3 rings (SSSR count). The highest BCUT2D eigenvalue weighted by atomic mass is 16.5. The Morgan fingerprint density at radius 2 is 2.20 bits per heavy atom. The summed E-state index contributed by atoms with van der Waals surface area (Å²) in [6.45, 7) is 4.83. The van der Waals surface area contributed by atoms with Crippen molar-refractivity contribution in [3.63, 3.8) is 0 Å². The third-order valence-corrected chi connectivity index (χ3v) is 3.79. The van der Waals surface area contributed by atoms with Gasteiger partial charge < -0.3 is 9.26 Å². The van der Waals surface area contributed by atoms with Gasteiger partial charge in [-0.05, 0) is 49.6 Å². The van der Waals surface area contributed by atoms with Crippen LogP contribution in [-0.2, 0) is 19.5 Å². The van der Waals surface area contributed by atoms with Gasteiger partial charge in [0.2, 0.25) is 0 Å². The van der Waals surface area contributed by atoms with Crippen LogP contribution in [0.3, 0.4) is 0 Å². The number of aryl methyl sites for hydroxylation is 2. The molecule has 0 spiro atoms. The van der Waals surface area contributed by atoms with Gasteiger partial charge in [-0.2, -0.15) is 0 Å². The summed E-state index contributed by atoms with van der Waals surface area (Å²) >= 11 is 0. The van der Waals surface area contributed by atoms with Crippen LogP contribution < -0.4 is 4.74 Å². The average Bonchev–Trinajstić information content (AvgIpc) is 2.74. The first kappa shape index (κ1) is 13.2. The molecule has 0 N–H and O–H groups in total. The predicted octanol–water partition coefficient (Wildman–Crippen LogP) is 2.94. The minimum atomic E-state index is 0.850. The SMILES string of the molecule is COc1ccc2c(c1)CCCN(Cc1cc(C)on1)C2. The maximum absolute atomic E-state index is 5.31. The largest absolute Gasteiger partial charge is 0.497 e. The molecule has 2 heterocycles. The van der Waals surface area contributed by atoms with E-state index in [0.717, 1.165) is 49.7 Å². The molecular weight excluding hydrogens is 252 g/mol. The molecule has 4 heteroatoms. The van der Waals surface area contributed by atoms with E-state index in [1.807, 2.05) is 19.1 Å². The molecular formula is C16H20N2O2. The Labute approximate surface area is 119 Å². The molecule has 1 aliphatic rings. The third kappa shape index (κ3) is 2.85. The molecule has 2 aromatic rings. The van der Waals surface area contributed by atoms with Gasteiger partial charge in [0.05, 0.1) is 12.8 Å². The standard InChI is InChI=1S/C16H20N2O2/c1-12-8-15(17-20-12)11-18-7-3-4-13-9-16(19-2)6-5-14(13)10-18/h5-6,8-9H,3-4,7,10-11H2,1-2H3. The summed E-state index contributed by atoms with van der Waals surface area (Å²) in [5, 5.41) is 4.09. The Balaban J connectivity index is 1.75. The number of rotatable bonds is 3. The highest BCUT2D eigenvalue weighted by Crippen LogP contribution is 2.24. The van der Waals surface area contributed by atoms with E-state index in [1.165, 1.54) is 11.1 Å². The van der Waals surface area contributed by atoms with Gasteiger partial charge in [-0.3, -0.25) is 4.90 Å². The monoisotopic (exact) mass is 272 g/mol. The number of nitrogens with zero attached hydrogens (tertiary/aromatic N) is 2. The summed E-state index contributed by atoms with van der Waals surface area (Å²) < 4.78 is 10.5. The van der Waals surface area contributed by atoms with Crippen LogP contribution in [0.1, 0.15) is 29.0 Å². The summed E-state index contributed by atoms with van der Waals surface area (Å²) in [5.74, 6) is 1.82. The van der Waals surface area contributed by atoms with Gasteiger partial charge in [0, 0.05) is 19.2 Å². The molecule has 0 saturated heterocycles. The summed E-state index contributed by atoms with van der Waals surface area (Å²) in [4.78, 5) is 2.43. The molecule has 0 aliphatic carbocycles. The van der Waals surface area contributed by atoms with Gasteiger partial charge in [-0.15, -0.1) is 0 Å². The molecule has 1 aromatic heterocycles. The van der Waals surface area contributed by atoms with Gasteiger partial charge in [-0.25, -0.2) is 0 Å². The fourth-order valence-electron chi connectivity index (χ4n) is 2.79. The molecule has 0 fully saturated rings. The Bertz CT molecular complexity index is 592. The van der Waals surface area contributed by atoms with Gasteiger partial charge in [0.15, 0.2) is 0 Å². The molecule has 1 aliphatic heterocycles. The molecule has 0 bridgehead atoms. The van der Waals surface area contributed by atoms with Crippen LogP contribution in [0.15, 0.2) is 28.8 Å². The molecule has 0 radical (unpaired) electrons. The van der Waals surface area contributed by atoms with Crippen LogP contribution in [0, 0.1) is 6.92 Å². The molecule has 4 nitrogen and oxygen atoms in total. The van der Waals surface area contributed by atoms with Crippen LogP contribution in [-0.4, -0.2) is 23.7 Å². The Kier molecular flexibility index (Phi) is 3.74. The zero-order valence-corrected chi connectivity index (χ0v) is 12.1. The quantitative estimate of drug-likeness (QED) is 0.861. The molecule has 0 atom stereocenters. The summed E-state index contributed by atoms with van der Waals surface area (Å²) in [5.41, 5.74) is 3.81. The van der Waals surface area contributed by atoms with E-state index in [1.54, 1.807) is 7.11 Å². The van der Waals surface area contributed by atoms with Crippen molar-refractivity contribution >= 4 is 0 Å². The maximum Gasteiger partial charge on any atom is 0.133 e. The summed E-state index contributed by atoms with van der Waals surface area (Å²) in [7, 11) is 1.72. The number of hydrogen-bond acceptors (Lipinski definition) is 4. The van der Waals surface area contributed by atoms with E-state index in [9.17, 15) is 0 Å². The fraction of sp³-hybridized carbons (Fsp3) is 0.438. The van der Waals surface area contributed by atoms with E-state index in [0.29, 0.717) is 0 Å². The van der Waals surface area contributed by atoms with Crippen LogP contribution in [0.25, 0.3) is 0 Å². The molecule has 0 saturated carbocycles. The van der Waals surface area contributed by atoms with E-state index < -0.39 is 0 Å². The Morgan fingerprint density at radius 3 is 2.95 bits per heavy atom. The lowest BCUT2D eigenvalue weighted by Gasteiger charge is -2.18. The lowest BCUT2D eigenvalue weighted by atomic mass is 10.0. The van der Waals surface area contributed by atoms with Crippen LogP contribution in [0.2, 0.25) is 0 Å². The van der Waals surface area contributed by atoms with Crippen molar-refractivity contribution in [2.45, 2.75) is 32.9 Å². The second-order valence-electron chi connectivity index (χ2n) is 5.38. The summed E-state index contributed by atoms with van der Waals surface area (Å²) in [6, 6.07) is 8.40. The van der Waals surface area contributed by atoms with Gasteiger partial charge >= 0.3 is 0 Å². The molecule has 0 amide bonds. The number of benzene rings is 1. The number of aromatic nitrogens is 1. The number of fused-ring (bicyclic) bond motifs is 1. The first-order chi connectivity index (χ1) is 9.74. The van der Waals surface area contributed by atoms with Crippen LogP contribution >= 0.6 is 0 Å². The van der Waals surface area contributed by atoms with Crippen molar-refractivity contribution in [3.8, 4) is 5.75 Å². The third-order valence-electron chi connectivity index (χ3n) is 3.79. The highest BCUT2D eigenvalue weighted by molar-refractivity contribution is 5.36. The van der Waals surface area contributed by atoms with E-state index in [-0.39, 0.29) is 0 Å². The van der Waals surface area contributed by atoms with Crippen molar-refractivity contribution in [1.29, 1.82) is 0 Å². The van der Waals surface area contributed by atoms with Gasteiger partial charge in [0.25, 0.3) is 0 Å². The number of methoxy groups -OCH3 is 1. The Hall–Kier alpha value is -1.81. The summed E-state index contributed by atoms with van der Waals surface area (Å²) in [6.07, 6.45) is 2.28. The van der Waals surface area contributed by atoms with Crippen molar-refractivity contribution in [3.05, 3.63) is 46.8 Å². The van der Waals surface area contributed by atoms with Crippen LogP contribution in [0.4, 0.5) is 0 Å². The Morgan fingerprint density at radius 1 is 1.30 bits per heavy atom. The maximum atomic E-state index is 5.31. The first-order valence-electron chi connectivity index (χ1n) is 7.05. The normalized spacial score (nSPS) is 15.7. The second kappa shape index (κ2) is 5.67. The van der Waals surface area contributed by atoms with Crippen molar-refractivity contribution < 1.29 is 9.26 Å². The smallest absolute Gasteiger partial charge is 0.133 e. The lowest BCUT2D eigenvalue weighted by molar-refractivity contribution is 0.251. The zero-order chi connectivity index (χ0) is 13.9. The number of ether oxygens (including phenoxy) is 1. The molecule has 20 heavy (non-hydrogen) atoms. The molecule has 106 valence electrons. The lowest BCUT2D eigenvalue weighted by Crippen LogP contribution is -2.22. The highest BCUT2D eigenvalue weighted by Gasteiger charge is 2.16. The topological polar surface area (TPSA) is 38.5 Å². The van der Waals surface area contributed by atoms with E-state index >= 15 is 0 Å². The van der Waals surface area contributed by atoms with Crippen LogP contribution in [0.5, 0.6) is 5.75 Å². The minimum Gasteiger partial charge on any atom is -0.497 e. The average molecular weight is 272 g/mol. The van der Waals surface area contributed by atoms with Gasteiger partial charge in [0.1, 0.15) is 11.5 Å². The predicted molar refractivity (Wildman–Crippen MR) is 76.7 cm³/mol. The van der Waals surface area contributed by atoms with Crippen molar-refractivity contribution in [2.75, 3.05) is 13.7 Å². The molecule has 0 unspecified atom stereocenters.